The maximum atomic E-state index is 13.1. The van der Waals surface area contributed by atoms with Gasteiger partial charge in [0.15, 0.2) is 0 Å². The summed E-state index contributed by atoms with van der Waals surface area (Å²) >= 11 is 0. The first kappa shape index (κ1) is 29.1. The number of para-hydroxylation sites is 1. The Hall–Kier alpha value is -3.39. The van der Waals surface area contributed by atoms with E-state index in [1.165, 1.54) is 11.3 Å². The number of amides is 2. The van der Waals surface area contributed by atoms with Gasteiger partial charge in [-0.2, -0.15) is 0 Å². The Morgan fingerprint density at radius 1 is 0.951 bits per heavy atom. The van der Waals surface area contributed by atoms with E-state index >= 15 is 0 Å². The Bertz CT molecular complexity index is 1220. The number of anilines is 3. The molecule has 2 atom stereocenters. The van der Waals surface area contributed by atoms with Gasteiger partial charge in [0, 0.05) is 63.4 Å². The Labute approximate surface area is 243 Å². The van der Waals surface area contributed by atoms with E-state index < -0.39 is 6.10 Å². The first-order valence-corrected chi connectivity index (χ1v) is 15.4. The molecule has 8 nitrogen and oxygen atoms in total. The number of nitrogens with zero attached hydrogens (tertiary/aromatic N) is 2. The molecule has 0 bridgehead atoms. The predicted octanol–water partition coefficient (Wildman–Crippen LogP) is 5.10. The Morgan fingerprint density at radius 3 is 2.49 bits per heavy atom. The highest BCUT2D eigenvalue weighted by Gasteiger charge is 2.27. The molecule has 1 saturated carbocycles. The second kappa shape index (κ2) is 14.0. The number of ether oxygens (including phenoxy) is 1. The average molecular weight is 561 g/mol. The van der Waals surface area contributed by atoms with E-state index in [2.05, 4.69) is 51.6 Å². The summed E-state index contributed by atoms with van der Waals surface area (Å²) in [6, 6.07) is 14.1. The van der Waals surface area contributed by atoms with Crippen LogP contribution in [0.15, 0.2) is 42.5 Å². The topological polar surface area (TPSA) is 91.0 Å². The zero-order valence-corrected chi connectivity index (χ0v) is 24.3. The molecule has 3 fully saturated rings. The van der Waals surface area contributed by atoms with Gasteiger partial charge in [0.05, 0.1) is 11.4 Å². The lowest BCUT2D eigenvalue weighted by Gasteiger charge is -2.38. The van der Waals surface area contributed by atoms with E-state index in [1.807, 2.05) is 12.1 Å². The number of carbonyl (C=O) groups is 3. The monoisotopic (exact) mass is 560 g/mol. The van der Waals surface area contributed by atoms with E-state index in [9.17, 15) is 14.4 Å². The third-order valence-corrected chi connectivity index (χ3v) is 8.72. The summed E-state index contributed by atoms with van der Waals surface area (Å²) < 4.78 is 5.62. The van der Waals surface area contributed by atoms with Crippen LogP contribution in [0.2, 0.25) is 0 Å². The summed E-state index contributed by atoms with van der Waals surface area (Å²) in [4.78, 5) is 42.7. The second-order valence-electron chi connectivity index (χ2n) is 11.7. The number of benzene rings is 2. The highest BCUT2D eigenvalue weighted by molar-refractivity contribution is 6.01. The van der Waals surface area contributed by atoms with Gasteiger partial charge < -0.3 is 25.2 Å². The van der Waals surface area contributed by atoms with Crippen LogP contribution < -0.4 is 20.4 Å². The molecular formula is C33H44N4O4. The molecule has 2 amide bonds. The zero-order valence-electron chi connectivity index (χ0n) is 24.3. The quantitative estimate of drug-likeness (QED) is 0.328. The molecule has 220 valence electrons. The van der Waals surface area contributed by atoms with E-state index in [-0.39, 0.29) is 11.8 Å². The van der Waals surface area contributed by atoms with Crippen molar-refractivity contribution in [2.45, 2.75) is 70.8 Å². The van der Waals surface area contributed by atoms with Gasteiger partial charge in [0.1, 0.15) is 11.9 Å². The second-order valence-corrected chi connectivity index (χ2v) is 11.7. The summed E-state index contributed by atoms with van der Waals surface area (Å²) in [5.41, 5.74) is 4.63. The van der Waals surface area contributed by atoms with E-state index in [4.69, 9.17) is 4.74 Å². The molecule has 1 aliphatic carbocycles. The van der Waals surface area contributed by atoms with Crippen LogP contribution in [0.1, 0.15) is 73.7 Å². The molecule has 2 heterocycles. The molecule has 0 spiro atoms. The molecule has 0 aromatic heterocycles. The van der Waals surface area contributed by atoms with Gasteiger partial charge in [0.25, 0.3) is 11.8 Å². The van der Waals surface area contributed by atoms with E-state index in [0.29, 0.717) is 48.9 Å². The average Bonchev–Trinajstić information content (AvgIpc) is 3.45. The van der Waals surface area contributed by atoms with Crippen molar-refractivity contribution < 1.29 is 19.1 Å². The molecule has 2 aromatic rings. The van der Waals surface area contributed by atoms with Crippen LogP contribution in [0.3, 0.4) is 0 Å². The van der Waals surface area contributed by atoms with E-state index in [1.54, 1.807) is 6.07 Å². The number of hydrogen-bond donors (Lipinski definition) is 2. The predicted molar refractivity (Wildman–Crippen MR) is 163 cm³/mol. The Morgan fingerprint density at radius 2 is 1.73 bits per heavy atom. The van der Waals surface area contributed by atoms with Gasteiger partial charge in [-0.05, 0) is 74.8 Å². The molecule has 2 saturated heterocycles. The lowest BCUT2D eigenvalue weighted by atomic mass is 9.94. The van der Waals surface area contributed by atoms with Crippen molar-refractivity contribution in [1.29, 1.82) is 0 Å². The molecule has 3 aliphatic rings. The number of Topliss-reactive ketones (excluding diaryl/α,β-unsaturated/α-hetero) is 1. The van der Waals surface area contributed by atoms with Crippen molar-refractivity contribution in [3.63, 3.8) is 0 Å². The number of hydrogen-bond acceptors (Lipinski definition) is 6. The van der Waals surface area contributed by atoms with Crippen molar-refractivity contribution in [1.82, 2.24) is 5.32 Å². The maximum Gasteiger partial charge on any atom is 0.253 e. The smallest absolute Gasteiger partial charge is 0.253 e. The minimum atomic E-state index is -0.450. The largest absolute Gasteiger partial charge is 0.368 e. The first-order chi connectivity index (χ1) is 20.0. The van der Waals surface area contributed by atoms with Gasteiger partial charge in [-0.3, -0.25) is 14.4 Å². The summed E-state index contributed by atoms with van der Waals surface area (Å²) in [7, 11) is 0. The highest BCUT2D eigenvalue weighted by atomic mass is 16.5. The zero-order chi connectivity index (χ0) is 28.6. The first-order valence-electron chi connectivity index (χ1n) is 15.4. The number of ketones is 1. The summed E-state index contributed by atoms with van der Waals surface area (Å²) in [6.07, 6.45) is 7.60. The van der Waals surface area contributed by atoms with Crippen LogP contribution in [-0.2, 0) is 14.3 Å². The molecule has 0 radical (unpaired) electrons. The standard InChI is InChI=1S/C33H44N4O4/c1-24-8-2-5-12-29(24)36-17-19-37(20-18-36)30-15-14-26(23-28(30)35-33(40)31-13-7-21-41-31)32(39)34-16-6-10-25-9-3-4-11-27(38)22-25/h2,5,8,12,14-15,23,25,31H,3-4,6-7,9-11,13,16-22H2,1H3,(H,34,39)(H,35,40). The van der Waals surface area contributed by atoms with Crippen molar-refractivity contribution >= 4 is 34.7 Å². The third kappa shape index (κ3) is 7.67. The van der Waals surface area contributed by atoms with Gasteiger partial charge in [0.2, 0.25) is 0 Å². The van der Waals surface area contributed by atoms with Crippen LogP contribution in [-0.4, -0.2) is 63.0 Å². The minimum absolute atomic E-state index is 0.148. The SMILES string of the molecule is Cc1ccccc1N1CCN(c2ccc(C(=O)NCCCC3CCCCC(=O)C3)cc2NC(=O)C2CCCO2)CC1. The third-order valence-electron chi connectivity index (χ3n) is 8.72. The van der Waals surface area contributed by atoms with Crippen molar-refractivity contribution in [2.75, 3.05) is 54.4 Å². The number of aryl methyl sites for hydroxylation is 1. The molecule has 2 aromatic carbocycles. The van der Waals surface area contributed by atoms with Crippen LogP contribution in [0.25, 0.3) is 0 Å². The Balaban J connectivity index is 1.23. The van der Waals surface area contributed by atoms with Crippen molar-refractivity contribution in [3.8, 4) is 0 Å². The highest BCUT2D eigenvalue weighted by Crippen LogP contribution is 2.31. The van der Waals surface area contributed by atoms with E-state index in [0.717, 1.165) is 76.8 Å². The number of nitrogens with one attached hydrogen (secondary N) is 2. The number of carbonyl (C=O) groups excluding carboxylic acids is 3. The lowest BCUT2D eigenvalue weighted by molar-refractivity contribution is -0.124. The number of piperazine rings is 1. The molecule has 5 rings (SSSR count). The summed E-state index contributed by atoms with van der Waals surface area (Å²) in [6.45, 7) is 6.69. The summed E-state index contributed by atoms with van der Waals surface area (Å²) in [5.74, 6) is 0.515. The molecule has 8 heteroatoms. The van der Waals surface area contributed by atoms with Crippen molar-refractivity contribution in [3.05, 3.63) is 53.6 Å². The van der Waals surface area contributed by atoms with Crippen LogP contribution in [0, 0.1) is 12.8 Å². The van der Waals surface area contributed by atoms with Crippen molar-refractivity contribution in [2.24, 2.45) is 5.92 Å². The van der Waals surface area contributed by atoms with Crippen LogP contribution in [0.4, 0.5) is 17.1 Å². The maximum absolute atomic E-state index is 13.1. The minimum Gasteiger partial charge on any atom is -0.368 e. The normalized spacial score (nSPS) is 21.4. The number of rotatable bonds is 9. The van der Waals surface area contributed by atoms with Gasteiger partial charge in [-0.15, -0.1) is 0 Å². The molecule has 2 unspecified atom stereocenters. The van der Waals surface area contributed by atoms with Crippen LogP contribution >= 0.6 is 0 Å². The molecule has 2 N–H and O–H groups in total. The molecular weight excluding hydrogens is 516 g/mol. The Kier molecular flexibility index (Phi) is 9.93. The summed E-state index contributed by atoms with van der Waals surface area (Å²) in [5, 5.41) is 6.13. The van der Waals surface area contributed by atoms with Gasteiger partial charge in [-0.25, -0.2) is 0 Å². The fourth-order valence-electron chi connectivity index (χ4n) is 6.38. The lowest BCUT2D eigenvalue weighted by Crippen LogP contribution is -2.47. The fourth-order valence-corrected chi connectivity index (χ4v) is 6.38. The molecule has 41 heavy (non-hydrogen) atoms. The molecule has 2 aliphatic heterocycles. The van der Waals surface area contributed by atoms with Crippen LogP contribution in [0.5, 0.6) is 0 Å². The van der Waals surface area contributed by atoms with Gasteiger partial charge >= 0.3 is 0 Å². The van der Waals surface area contributed by atoms with Gasteiger partial charge in [-0.1, -0.05) is 31.0 Å². The fraction of sp³-hybridized carbons (Fsp3) is 0.545.